The highest BCUT2D eigenvalue weighted by molar-refractivity contribution is 9.10. The van der Waals surface area contributed by atoms with Crippen LogP contribution in [0.15, 0.2) is 59.5 Å². The summed E-state index contributed by atoms with van der Waals surface area (Å²) in [6.45, 7) is 0. The lowest BCUT2D eigenvalue weighted by Crippen LogP contribution is -2.29. The molecule has 3 N–H and O–H groups in total. The Hall–Kier alpha value is -1.82. The van der Waals surface area contributed by atoms with Gasteiger partial charge in [0.1, 0.15) is 0 Å². The molecule has 1 aromatic carbocycles. The summed E-state index contributed by atoms with van der Waals surface area (Å²) in [6, 6.07) is 11.8. The van der Waals surface area contributed by atoms with Crippen molar-refractivity contribution in [3.63, 3.8) is 0 Å². The lowest BCUT2D eigenvalue weighted by molar-refractivity contribution is 0.624. The molecule has 2 aromatic heterocycles. The molecule has 3 rings (SSSR count). The molecule has 0 aliphatic carbocycles. The molecule has 0 amide bonds. The Balaban J connectivity index is 2.14. The summed E-state index contributed by atoms with van der Waals surface area (Å²) < 4.78 is 0.941. The summed E-state index contributed by atoms with van der Waals surface area (Å²) in [4.78, 5) is 8.62. The first kappa shape index (κ1) is 13.2. The minimum absolute atomic E-state index is 0.170. The summed E-state index contributed by atoms with van der Waals surface area (Å²) in [5.41, 5.74) is 4.77. The molecule has 0 spiro atoms. The van der Waals surface area contributed by atoms with Gasteiger partial charge in [0.2, 0.25) is 0 Å². The van der Waals surface area contributed by atoms with E-state index in [1.54, 1.807) is 12.4 Å². The van der Waals surface area contributed by atoms with Crippen LogP contribution in [0.25, 0.3) is 10.8 Å². The maximum absolute atomic E-state index is 5.74. The molecule has 0 aliphatic rings. The summed E-state index contributed by atoms with van der Waals surface area (Å²) in [7, 11) is 0. The second-order valence-electron chi connectivity index (χ2n) is 4.45. The average Bonchev–Trinajstić information content (AvgIpc) is 2.50. The quantitative estimate of drug-likeness (QED) is 0.573. The molecule has 1 atom stereocenters. The van der Waals surface area contributed by atoms with Crippen molar-refractivity contribution in [3.05, 3.63) is 70.7 Å². The molecule has 0 fully saturated rings. The minimum Gasteiger partial charge on any atom is -0.271 e. The number of aromatic nitrogens is 2. The summed E-state index contributed by atoms with van der Waals surface area (Å²) in [5, 5.41) is 2.21. The Morgan fingerprint density at radius 2 is 2.00 bits per heavy atom. The fourth-order valence-corrected chi connectivity index (χ4v) is 2.52. The van der Waals surface area contributed by atoms with Crippen LogP contribution >= 0.6 is 15.9 Å². The summed E-state index contributed by atoms with van der Waals surface area (Å²) in [6.07, 6.45) is 5.41. The predicted octanol–water partition coefficient (Wildman–Crippen LogP) is 2.95. The van der Waals surface area contributed by atoms with Gasteiger partial charge in [-0.15, -0.1) is 0 Å². The number of halogens is 1. The zero-order chi connectivity index (χ0) is 13.9. The highest BCUT2D eigenvalue weighted by Gasteiger charge is 2.16. The van der Waals surface area contributed by atoms with Crippen LogP contribution in [0.4, 0.5) is 0 Å². The summed E-state index contributed by atoms with van der Waals surface area (Å²) in [5.74, 6) is 5.74. The van der Waals surface area contributed by atoms with Crippen molar-refractivity contribution in [1.82, 2.24) is 15.4 Å². The van der Waals surface area contributed by atoms with Gasteiger partial charge in [-0.3, -0.25) is 15.8 Å². The zero-order valence-corrected chi connectivity index (χ0v) is 12.2. The van der Waals surface area contributed by atoms with E-state index in [1.807, 2.05) is 36.5 Å². The number of hydrogen-bond donors (Lipinski definition) is 2. The van der Waals surface area contributed by atoms with E-state index in [4.69, 9.17) is 5.84 Å². The molecule has 1 unspecified atom stereocenters. The molecular formula is C15H13BrN4. The highest BCUT2D eigenvalue weighted by Crippen LogP contribution is 2.27. The molecule has 0 aliphatic heterocycles. The van der Waals surface area contributed by atoms with Crippen molar-refractivity contribution in [2.24, 2.45) is 5.84 Å². The smallest absolute Gasteiger partial charge is 0.0887 e. The van der Waals surface area contributed by atoms with Gasteiger partial charge in [0.25, 0.3) is 0 Å². The standard InChI is InChI=1S/C15H13BrN4/c16-11-4-5-14(19-8-11)15(20-17)12-3-1-2-10-6-7-18-9-13(10)12/h1-9,15,20H,17H2. The molecular weight excluding hydrogens is 316 g/mol. The Kier molecular flexibility index (Phi) is 3.73. The third kappa shape index (κ3) is 2.43. The van der Waals surface area contributed by atoms with E-state index in [0.29, 0.717) is 0 Å². The fraction of sp³-hybridized carbons (Fsp3) is 0.0667. The number of nitrogens with one attached hydrogen (secondary N) is 1. The first-order chi connectivity index (χ1) is 9.79. The number of nitrogens with zero attached hydrogens (tertiary/aromatic N) is 2. The van der Waals surface area contributed by atoms with Crippen LogP contribution in [0, 0.1) is 0 Å². The number of hydrazine groups is 1. The zero-order valence-electron chi connectivity index (χ0n) is 10.6. The Bertz CT molecular complexity index is 722. The maximum Gasteiger partial charge on any atom is 0.0887 e. The van der Waals surface area contributed by atoms with Gasteiger partial charge in [-0.25, -0.2) is 5.43 Å². The Labute approximate surface area is 125 Å². The fourth-order valence-electron chi connectivity index (χ4n) is 2.28. The number of pyridine rings is 2. The van der Waals surface area contributed by atoms with E-state index in [0.717, 1.165) is 26.5 Å². The van der Waals surface area contributed by atoms with Gasteiger partial charge in [-0.05, 0) is 45.1 Å². The van der Waals surface area contributed by atoms with Crippen LogP contribution in [0.2, 0.25) is 0 Å². The van der Waals surface area contributed by atoms with Crippen LogP contribution in [-0.4, -0.2) is 9.97 Å². The Morgan fingerprint density at radius 3 is 2.75 bits per heavy atom. The van der Waals surface area contributed by atoms with E-state index in [-0.39, 0.29) is 6.04 Å². The van der Waals surface area contributed by atoms with E-state index >= 15 is 0 Å². The maximum atomic E-state index is 5.74. The minimum atomic E-state index is -0.170. The van der Waals surface area contributed by atoms with Crippen LogP contribution in [0.5, 0.6) is 0 Å². The van der Waals surface area contributed by atoms with Crippen molar-refractivity contribution < 1.29 is 0 Å². The van der Waals surface area contributed by atoms with Gasteiger partial charge in [0, 0.05) is 28.4 Å². The lowest BCUT2D eigenvalue weighted by atomic mass is 9.98. The monoisotopic (exact) mass is 328 g/mol. The van der Waals surface area contributed by atoms with E-state index < -0.39 is 0 Å². The normalized spacial score (nSPS) is 12.5. The number of fused-ring (bicyclic) bond motifs is 1. The van der Waals surface area contributed by atoms with Gasteiger partial charge in [0.15, 0.2) is 0 Å². The van der Waals surface area contributed by atoms with Crippen LogP contribution < -0.4 is 11.3 Å². The van der Waals surface area contributed by atoms with Crippen molar-refractivity contribution in [3.8, 4) is 0 Å². The first-order valence-electron chi connectivity index (χ1n) is 6.20. The molecule has 0 saturated carbocycles. The molecule has 3 aromatic rings. The molecule has 4 nitrogen and oxygen atoms in total. The molecule has 0 radical (unpaired) electrons. The molecule has 0 bridgehead atoms. The van der Waals surface area contributed by atoms with Gasteiger partial charge >= 0.3 is 0 Å². The van der Waals surface area contributed by atoms with Crippen LogP contribution in [0.1, 0.15) is 17.3 Å². The van der Waals surface area contributed by atoms with Gasteiger partial charge < -0.3 is 0 Å². The predicted molar refractivity (Wildman–Crippen MR) is 82.8 cm³/mol. The third-order valence-electron chi connectivity index (χ3n) is 3.24. The largest absolute Gasteiger partial charge is 0.271 e. The van der Waals surface area contributed by atoms with E-state index in [1.165, 1.54) is 0 Å². The second kappa shape index (κ2) is 5.66. The number of hydrogen-bond acceptors (Lipinski definition) is 4. The molecule has 100 valence electrons. The van der Waals surface area contributed by atoms with Crippen LogP contribution in [0.3, 0.4) is 0 Å². The number of nitrogens with two attached hydrogens (primary N) is 1. The number of benzene rings is 1. The highest BCUT2D eigenvalue weighted by atomic mass is 79.9. The third-order valence-corrected chi connectivity index (χ3v) is 3.71. The average molecular weight is 329 g/mol. The first-order valence-corrected chi connectivity index (χ1v) is 6.99. The summed E-state index contributed by atoms with van der Waals surface area (Å²) >= 11 is 3.39. The molecule has 2 heterocycles. The Morgan fingerprint density at radius 1 is 1.10 bits per heavy atom. The van der Waals surface area contributed by atoms with Crippen molar-refractivity contribution in [1.29, 1.82) is 0 Å². The molecule has 0 saturated heterocycles. The van der Waals surface area contributed by atoms with Crippen molar-refractivity contribution >= 4 is 26.7 Å². The molecule has 20 heavy (non-hydrogen) atoms. The van der Waals surface area contributed by atoms with Crippen LogP contribution in [-0.2, 0) is 0 Å². The lowest BCUT2D eigenvalue weighted by Gasteiger charge is -2.17. The van der Waals surface area contributed by atoms with Crippen molar-refractivity contribution in [2.45, 2.75) is 6.04 Å². The SMILES string of the molecule is NNC(c1ccc(Br)cn1)c1cccc2ccncc12. The van der Waals surface area contributed by atoms with Gasteiger partial charge in [-0.1, -0.05) is 18.2 Å². The van der Waals surface area contributed by atoms with Gasteiger partial charge in [-0.2, -0.15) is 0 Å². The second-order valence-corrected chi connectivity index (χ2v) is 5.36. The molecule has 5 heteroatoms. The van der Waals surface area contributed by atoms with Gasteiger partial charge in [0.05, 0.1) is 11.7 Å². The number of rotatable bonds is 3. The van der Waals surface area contributed by atoms with E-state index in [2.05, 4.69) is 37.4 Å². The van der Waals surface area contributed by atoms with E-state index in [9.17, 15) is 0 Å². The topological polar surface area (TPSA) is 63.8 Å². The van der Waals surface area contributed by atoms with Crippen molar-refractivity contribution in [2.75, 3.05) is 0 Å².